The Kier molecular flexibility index (Phi) is 6.08. The molecule has 8 heteroatoms. The van der Waals surface area contributed by atoms with Crippen molar-refractivity contribution < 1.29 is 23.1 Å². The van der Waals surface area contributed by atoms with E-state index in [1.54, 1.807) is 43.3 Å². The van der Waals surface area contributed by atoms with Crippen LogP contribution in [0.15, 0.2) is 58.2 Å². The molecule has 0 amide bonds. The molecule has 0 aliphatic heterocycles. The number of benzene rings is 2. The van der Waals surface area contributed by atoms with E-state index in [-0.39, 0.29) is 28.4 Å². The van der Waals surface area contributed by atoms with Crippen LogP contribution in [0, 0.1) is 5.82 Å². The molecule has 0 N–H and O–H groups in total. The summed E-state index contributed by atoms with van der Waals surface area (Å²) in [7, 11) is 1.51. The Hall–Kier alpha value is -2.87. The van der Waals surface area contributed by atoms with E-state index in [0.717, 1.165) is 11.8 Å². The molecule has 0 fully saturated rings. The summed E-state index contributed by atoms with van der Waals surface area (Å²) in [5, 5.41) is 8.04. The molecule has 0 spiro atoms. The number of hydrogen-bond donors (Lipinski definition) is 0. The Labute approximate surface area is 159 Å². The lowest BCUT2D eigenvalue weighted by atomic mass is 10.1. The molecule has 1 atom stereocenters. The normalized spacial score (nSPS) is 11.8. The molecule has 0 aliphatic carbocycles. The predicted molar refractivity (Wildman–Crippen MR) is 97.8 cm³/mol. The smallest absolute Gasteiger partial charge is 0.277 e. The minimum atomic E-state index is -0.631. The zero-order chi connectivity index (χ0) is 19.2. The van der Waals surface area contributed by atoms with Crippen LogP contribution in [0.1, 0.15) is 29.3 Å². The van der Waals surface area contributed by atoms with Crippen molar-refractivity contribution in [3.8, 4) is 11.5 Å². The van der Waals surface area contributed by atoms with Gasteiger partial charge in [-0.25, -0.2) is 4.39 Å². The lowest BCUT2D eigenvalue weighted by Crippen LogP contribution is -2.05. The molecule has 3 aromatic rings. The summed E-state index contributed by atoms with van der Waals surface area (Å²) in [5.74, 6) is 0.342. The molecular weight excluding hydrogens is 371 g/mol. The summed E-state index contributed by atoms with van der Waals surface area (Å²) in [6.07, 6.45) is -0.631. The number of ether oxygens (including phenoxy) is 2. The number of nitrogens with zero attached hydrogens (tertiary/aromatic N) is 2. The Morgan fingerprint density at radius 3 is 2.59 bits per heavy atom. The number of methoxy groups -OCH3 is 1. The van der Waals surface area contributed by atoms with Gasteiger partial charge in [-0.1, -0.05) is 36.0 Å². The Bertz CT molecular complexity index is 931. The van der Waals surface area contributed by atoms with Gasteiger partial charge < -0.3 is 13.9 Å². The SMILES string of the molecule is COc1ccccc1C(=O)CSc1nnc([C@@H](C)Oc2ccccc2F)o1. The molecule has 27 heavy (non-hydrogen) atoms. The van der Waals surface area contributed by atoms with Gasteiger partial charge >= 0.3 is 0 Å². The van der Waals surface area contributed by atoms with E-state index in [1.165, 1.54) is 19.2 Å². The Morgan fingerprint density at radius 2 is 1.85 bits per heavy atom. The fourth-order valence-corrected chi connectivity index (χ4v) is 2.96. The molecule has 0 saturated carbocycles. The number of carbonyl (C=O) groups is 1. The number of aromatic nitrogens is 2. The van der Waals surface area contributed by atoms with Gasteiger partial charge in [-0.15, -0.1) is 10.2 Å². The van der Waals surface area contributed by atoms with Gasteiger partial charge in [0.25, 0.3) is 11.1 Å². The molecule has 0 aliphatic rings. The lowest BCUT2D eigenvalue weighted by Gasteiger charge is -2.11. The van der Waals surface area contributed by atoms with Gasteiger partial charge in [0.2, 0.25) is 0 Å². The van der Waals surface area contributed by atoms with Gasteiger partial charge in [0.05, 0.1) is 18.4 Å². The average molecular weight is 388 g/mol. The van der Waals surface area contributed by atoms with Crippen LogP contribution in [0.25, 0.3) is 0 Å². The zero-order valence-electron chi connectivity index (χ0n) is 14.7. The van der Waals surface area contributed by atoms with E-state index < -0.39 is 11.9 Å². The fraction of sp³-hybridized carbons (Fsp3) is 0.211. The van der Waals surface area contributed by atoms with Crippen LogP contribution < -0.4 is 9.47 Å². The average Bonchev–Trinajstić information content (AvgIpc) is 3.17. The van der Waals surface area contributed by atoms with Crippen molar-refractivity contribution in [1.29, 1.82) is 0 Å². The second-order valence-electron chi connectivity index (χ2n) is 5.51. The van der Waals surface area contributed by atoms with Gasteiger partial charge in [0.1, 0.15) is 5.75 Å². The number of rotatable bonds is 8. The highest BCUT2D eigenvalue weighted by Gasteiger charge is 2.19. The van der Waals surface area contributed by atoms with Gasteiger partial charge in [0.15, 0.2) is 23.5 Å². The van der Waals surface area contributed by atoms with Crippen molar-refractivity contribution in [2.75, 3.05) is 12.9 Å². The van der Waals surface area contributed by atoms with Gasteiger partial charge in [0, 0.05) is 0 Å². The van der Waals surface area contributed by atoms with Gasteiger partial charge in [-0.2, -0.15) is 0 Å². The number of para-hydroxylation sites is 2. The van der Waals surface area contributed by atoms with Crippen molar-refractivity contribution in [3.63, 3.8) is 0 Å². The maximum absolute atomic E-state index is 13.7. The Balaban J connectivity index is 1.61. The first kappa shape index (κ1) is 18.9. The highest BCUT2D eigenvalue weighted by atomic mass is 32.2. The van der Waals surface area contributed by atoms with E-state index >= 15 is 0 Å². The van der Waals surface area contributed by atoms with Crippen LogP contribution in [0.5, 0.6) is 11.5 Å². The number of ketones is 1. The molecule has 0 bridgehead atoms. The monoisotopic (exact) mass is 388 g/mol. The second-order valence-corrected chi connectivity index (χ2v) is 6.44. The number of Topliss-reactive ketones (excluding diaryl/α,β-unsaturated/α-hetero) is 1. The van der Waals surface area contributed by atoms with Crippen molar-refractivity contribution in [3.05, 3.63) is 65.8 Å². The molecule has 1 heterocycles. The van der Waals surface area contributed by atoms with Crippen LogP contribution in [0.4, 0.5) is 4.39 Å². The summed E-state index contributed by atoms with van der Waals surface area (Å²) in [5.41, 5.74) is 0.489. The molecule has 3 rings (SSSR count). The summed E-state index contributed by atoms with van der Waals surface area (Å²) in [4.78, 5) is 12.4. The first-order valence-electron chi connectivity index (χ1n) is 8.12. The third-order valence-corrected chi connectivity index (χ3v) is 4.46. The highest BCUT2D eigenvalue weighted by molar-refractivity contribution is 7.99. The third-order valence-electron chi connectivity index (χ3n) is 3.64. The number of carbonyl (C=O) groups excluding carboxylic acids is 1. The van der Waals surface area contributed by atoms with E-state index in [9.17, 15) is 9.18 Å². The lowest BCUT2D eigenvalue weighted by molar-refractivity contribution is 0.101. The van der Waals surface area contributed by atoms with Crippen molar-refractivity contribution in [1.82, 2.24) is 10.2 Å². The Morgan fingerprint density at radius 1 is 1.15 bits per heavy atom. The molecule has 140 valence electrons. The molecule has 0 radical (unpaired) electrons. The van der Waals surface area contributed by atoms with Crippen LogP contribution >= 0.6 is 11.8 Å². The molecular formula is C19H17FN2O4S. The van der Waals surface area contributed by atoms with Crippen LogP contribution in [-0.4, -0.2) is 28.8 Å². The molecule has 2 aromatic carbocycles. The summed E-state index contributed by atoms with van der Waals surface area (Å²) in [6.45, 7) is 1.67. The molecule has 1 aromatic heterocycles. The first-order chi connectivity index (χ1) is 13.1. The number of hydrogen-bond acceptors (Lipinski definition) is 7. The van der Waals surface area contributed by atoms with E-state index in [0.29, 0.717) is 11.3 Å². The second kappa shape index (κ2) is 8.68. The van der Waals surface area contributed by atoms with Crippen molar-refractivity contribution in [2.24, 2.45) is 0 Å². The quantitative estimate of drug-likeness (QED) is 0.420. The fourth-order valence-electron chi connectivity index (χ4n) is 2.30. The van der Waals surface area contributed by atoms with Gasteiger partial charge in [-0.05, 0) is 31.2 Å². The standard InChI is InChI=1S/C19H17FN2O4S/c1-12(25-17-10-6-4-8-14(17)20)18-21-22-19(26-18)27-11-15(23)13-7-3-5-9-16(13)24-2/h3-10,12H,11H2,1-2H3/t12-/m1/s1. The molecule has 6 nitrogen and oxygen atoms in total. The van der Waals surface area contributed by atoms with E-state index in [2.05, 4.69) is 10.2 Å². The maximum atomic E-state index is 13.7. The minimum absolute atomic E-state index is 0.101. The molecule has 0 saturated heterocycles. The summed E-state index contributed by atoms with van der Waals surface area (Å²) >= 11 is 1.12. The molecule has 0 unspecified atom stereocenters. The van der Waals surface area contributed by atoms with E-state index in [1.807, 2.05) is 0 Å². The number of halogens is 1. The van der Waals surface area contributed by atoms with Gasteiger partial charge in [-0.3, -0.25) is 4.79 Å². The first-order valence-corrected chi connectivity index (χ1v) is 9.10. The third kappa shape index (κ3) is 4.65. The minimum Gasteiger partial charge on any atom is -0.496 e. The highest BCUT2D eigenvalue weighted by Crippen LogP contribution is 2.26. The van der Waals surface area contributed by atoms with E-state index in [4.69, 9.17) is 13.9 Å². The maximum Gasteiger partial charge on any atom is 0.277 e. The number of thioether (sulfide) groups is 1. The van der Waals surface area contributed by atoms with Crippen molar-refractivity contribution in [2.45, 2.75) is 18.3 Å². The predicted octanol–water partition coefficient (Wildman–Crippen LogP) is 4.33. The van der Waals surface area contributed by atoms with Crippen LogP contribution in [0.2, 0.25) is 0 Å². The summed E-state index contributed by atoms with van der Waals surface area (Å²) < 4.78 is 29.9. The summed E-state index contributed by atoms with van der Waals surface area (Å²) in [6, 6.07) is 13.1. The van der Waals surface area contributed by atoms with Crippen LogP contribution in [-0.2, 0) is 0 Å². The van der Waals surface area contributed by atoms with Crippen LogP contribution in [0.3, 0.4) is 0 Å². The topological polar surface area (TPSA) is 74.5 Å². The van der Waals surface area contributed by atoms with Crippen molar-refractivity contribution >= 4 is 17.5 Å². The zero-order valence-corrected chi connectivity index (χ0v) is 15.5. The largest absolute Gasteiger partial charge is 0.496 e.